The van der Waals surface area contributed by atoms with Gasteiger partial charge in [0.1, 0.15) is 0 Å². The van der Waals surface area contributed by atoms with Crippen molar-refractivity contribution >= 4 is 11.9 Å². The van der Waals surface area contributed by atoms with Crippen LogP contribution in [0.4, 0.5) is 0 Å². The van der Waals surface area contributed by atoms with Crippen molar-refractivity contribution in [2.45, 2.75) is 23.7 Å². The van der Waals surface area contributed by atoms with Crippen LogP contribution >= 0.6 is 0 Å². The largest absolute Gasteiger partial charge is 0.393 e. The van der Waals surface area contributed by atoms with E-state index in [-0.39, 0.29) is 35.6 Å². The number of cyclic esters (lactones) is 2. The summed E-state index contributed by atoms with van der Waals surface area (Å²) in [5, 5.41) is 0. The van der Waals surface area contributed by atoms with Crippen LogP contribution in [-0.2, 0) is 14.3 Å². The lowest BCUT2D eigenvalue weighted by Gasteiger charge is -2.48. The topological polar surface area (TPSA) is 43.4 Å². The first-order valence-electron chi connectivity index (χ1n) is 12.4. The maximum absolute atomic E-state index is 12.9. The zero-order valence-electron chi connectivity index (χ0n) is 18.8. The Morgan fingerprint density at radius 1 is 0.429 bits per heavy atom. The molecule has 7 aliphatic rings. The summed E-state index contributed by atoms with van der Waals surface area (Å²) < 4.78 is 5.26. The maximum Gasteiger partial charge on any atom is 0.318 e. The van der Waals surface area contributed by atoms with Gasteiger partial charge in [0.05, 0.1) is 11.8 Å². The smallest absolute Gasteiger partial charge is 0.318 e. The summed E-state index contributed by atoms with van der Waals surface area (Å²) in [7, 11) is 0. The summed E-state index contributed by atoms with van der Waals surface area (Å²) in [6.45, 7) is 0. The Morgan fingerprint density at radius 2 is 0.771 bits per heavy atom. The first-order valence-corrected chi connectivity index (χ1v) is 12.4. The molecule has 0 aromatic heterocycles. The van der Waals surface area contributed by atoms with Gasteiger partial charge >= 0.3 is 11.9 Å². The second-order valence-corrected chi connectivity index (χ2v) is 10.6. The Hall–Kier alpha value is -3.98. The van der Waals surface area contributed by atoms with Gasteiger partial charge in [-0.25, -0.2) is 0 Å². The molecule has 11 rings (SSSR count). The van der Waals surface area contributed by atoms with Gasteiger partial charge in [-0.1, -0.05) is 84.9 Å². The number of rotatable bonds is 0. The highest BCUT2D eigenvalue weighted by molar-refractivity contribution is 6.00. The van der Waals surface area contributed by atoms with Gasteiger partial charge < -0.3 is 4.74 Å². The molecule has 1 heterocycles. The molecule has 4 bridgehead atoms. The van der Waals surface area contributed by atoms with Crippen LogP contribution in [0.1, 0.15) is 79.3 Å². The van der Waals surface area contributed by atoms with Crippen molar-refractivity contribution in [3.63, 3.8) is 0 Å². The number of hydrogen-bond acceptors (Lipinski definition) is 3. The third-order valence-electron chi connectivity index (χ3n) is 9.33. The molecule has 6 aliphatic carbocycles. The zero-order valence-corrected chi connectivity index (χ0v) is 18.8. The maximum atomic E-state index is 12.9. The van der Waals surface area contributed by atoms with E-state index in [0.29, 0.717) is 0 Å². The predicted molar refractivity (Wildman–Crippen MR) is 129 cm³/mol. The molecule has 4 aromatic rings. The van der Waals surface area contributed by atoms with E-state index in [0.717, 1.165) is 0 Å². The minimum atomic E-state index is -0.423. The number of benzene rings is 4. The number of esters is 2. The van der Waals surface area contributed by atoms with Crippen molar-refractivity contribution in [3.8, 4) is 0 Å². The number of ether oxygens (including phenoxy) is 1. The van der Waals surface area contributed by atoms with Crippen molar-refractivity contribution in [1.29, 1.82) is 0 Å². The van der Waals surface area contributed by atoms with E-state index in [2.05, 4.69) is 72.8 Å². The molecule has 0 saturated carbocycles. The number of carbonyl (C=O) groups excluding carboxylic acids is 2. The molecule has 0 unspecified atom stereocenters. The van der Waals surface area contributed by atoms with Gasteiger partial charge in [-0.3, -0.25) is 9.59 Å². The van der Waals surface area contributed by atoms with Crippen molar-refractivity contribution in [3.05, 3.63) is 141 Å². The summed E-state index contributed by atoms with van der Waals surface area (Å²) in [6.07, 6.45) is 0. The average molecular weight is 453 g/mol. The Kier molecular flexibility index (Phi) is 3.14. The molecule has 35 heavy (non-hydrogen) atoms. The second-order valence-electron chi connectivity index (χ2n) is 10.6. The van der Waals surface area contributed by atoms with Gasteiger partial charge in [-0.05, 0) is 55.6 Å². The van der Waals surface area contributed by atoms with Crippen LogP contribution in [0.5, 0.6) is 0 Å². The third kappa shape index (κ3) is 1.98. The first kappa shape index (κ1) is 18.4. The summed E-state index contributed by atoms with van der Waals surface area (Å²) in [5.41, 5.74) is 13.0. The Morgan fingerprint density at radius 3 is 1.14 bits per heavy atom. The molecular weight excluding hydrogens is 432 g/mol. The van der Waals surface area contributed by atoms with E-state index in [4.69, 9.17) is 4.74 Å². The third-order valence-corrected chi connectivity index (χ3v) is 9.33. The Balaban J connectivity index is 1.36. The minimum Gasteiger partial charge on any atom is -0.393 e. The fourth-order valence-electron chi connectivity index (χ4n) is 8.19. The molecule has 166 valence electrons. The molecule has 0 amide bonds. The van der Waals surface area contributed by atoms with Crippen LogP contribution in [0.3, 0.4) is 0 Å². The lowest BCUT2D eigenvalue weighted by Crippen LogP contribution is -2.42. The van der Waals surface area contributed by atoms with Gasteiger partial charge in [0, 0.05) is 23.7 Å². The van der Waals surface area contributed by atoms with Crippen molar-refractivity contribution in [2.24, 2.45) is 11.8 Å². The van der Waals surface area contributed by atoms with Crippen LogP contribution < -0.4 is 0 Å². The van der Waals surface area contributed by atoms with Crippen LogP contribution in [0.2, 0.25) is 0 Å². The molecule has 1 saturated heterocycles. The van der Waals surface area contributed by atoms with Gasteiger partial charge in [-0.2, -0.15) is 0 Å². The van der Waals surface area contributed by atoms with Crippen LogP contribution in [0, 0.1) is 11.8 Å². The molecule has 3 nitrogen and oxygen atoms in total. The average Bonchev–Trinajstić information content (AvgIpc) is 3.21. The van der Waals surface area contributed by atoms with Crippen molar-refractivity contribution in [2.75, 3.05) is 0 Å². The Bertz CT molecular complexity index is 1500. The van der Waals surface area contributed by atoms with Crippen molar-refractivity contribution in [1.82, 2.24) is 0 Å². The SMILES string of the molecule is O=C1OC(=O)[C@@H]2[C@H]3c4ccccc4[C@H](c4cc5c(cc43)C3c4ccccc4C5c4ccccc43)[C@@H]12. The molecule has 0 N–H and O–H groups in total. The van der Waals surface area contributed by atoms with E-state index < -0.39 is 11.8 Å². The van der Waals surface area contributed by atoms with Crippen LogP contribution in [0.25, 0.3) is 0 Å². The van der Waals surface area contributed by atoms with Gasteiger partial charge in [0.2, 0.25) is 0 Å². The summed E-state index contributed by atoms with van der Waals surface area (Å²) >= 11 is 0. The highest BCUT2D eigenvalue weighted by Crippen LogP contribution is 2.63. The number of hydrogen-bond donors (Lipinski definition) is 0. The summed E-state index contributed by atoms with van der Waals surface area (Å²) in [4.78, 5) is 25.9. The van der Waals surface area contributed by atoms with E-state index in [1.807, 2.05) is 12.1 Å². The van der Waals surface area contributed by atoms with Gasteiger partial charge in [0.25, 0.3) is 0 Å². The van der Waals surface area contributed by atoms with Gasteiger partial charge in [0.15, 0.2) is 0 Å². The lowest BCUT2D eigenvalue weighted by molar-refractivity contribution is -0.153. The minimum absolute atomic E-state index is 0.133. The van der Waals surface area contributed by atoms with Crippen LogP contribution in [-0.4, -0.2) is 11.9 Å². The molecule has 0 spiro atoms. The van der Waals surface area contributed by atoms with Gasteiger partial charge in [-0.15, -0.1) is 0 Å². The fourth-order valence-corrected chi connectivity index (χ4v) is 8.19. The highest BCUT2D eigenvalue weighted by atomic mass is 16.6. The van der Waals surface area contributed by atoms with Crippen LogP contribution in [0.15, 0.2) is 84.9 Å². The number of carbonyl (C=O) groups is 2. The normalized spacial score (nSPS) is 29.5. The molecule has 4 atom stereocenters. The van der Waals surface area contributed by atoms with Crippen molar-refractivity contribution < 1.29 is 14.3 Å². The lowest BCUT2D eigenvalue weighted by atomic mass is 9.53. The van der Waals surface area contributed by atoms with E-state index in [1.165, 1.54) is 55.6 Å². The summed E-state index contributed by atoms with van der Waals surface area (Å²) in [6, 6.07) is 30.8. The standard InChI is InChI=1S/C32H20O3/c33-31-29-27-19-11-5-6-12-20(19)28(30(29)32(34)35-31)24-14-22-21(13-23(24)27)25-15-7-1-2-8-16(15)26(22)18-10-4-3-9-17(18)25/h1-14,25-30H/t25?,26?,27-,28+,29-,30-/m1/s1. The quantitative estimate of drug-likeness (QED) is 0.223. The van der Waals surface area contributed by atoms with E-state index in [9.17, 15) is 9.59 Å². The second kappa shape index (κ2) is 5.98. The highest BCUT2D eigenvalue weighted by Gasteiger charge is 2.61. The zero-order chi connectivity index (χ0) is 23.0. The molecule has 1 aliphatic heterocycles. The monoisotopic (exact) mass is 452 g/mol. The molecule has 3 heteroatoms. The van der Waals surface area contributed by atoms with E-state index >= 15 is 0 Å². The predicted octanol–water partition coefficient (Wildman–Crippen LogP) is 5.58. The Labute approximate surface area is 202 Å². The molecular formula is C32H20O3. The van der Waals surface area contributed by atoms with E-state index in [1.54, 1.807) is 0 Å². The molecule has 0 radical (unpaired) electrons. The molecule has 1 fully saturated rings. The summed E-state index contributed by atoms with van der Waals surface area (Å²) in [5.74, 6) is -1.44. The molecule has 4 aromatic carbocycles. The first-order chi connectivity index (χ1) is 17.2. The fraction of sp³-hybridized carbons (Fsp3) is 0.188.